The van der Waals surface area contributed by atoms with Gasteiger partial charge in [-0.15, -0.1) is 0 Å². The van der Waals surface area contributed by atoms with Gasteiger partial charge in [0.2, 0.25) is 5.91 Å². The summed E-state index contributed by atoms with van der Waals surface area (Å²) in [5.41, 5.74) is 1.15. The summed E-state index contributed by atoms with van der Waals surface area (Å²) in [5.74, 6) is 0.378. The summed E-state index contributed by atoms with van der Waals surface area (Å²) in [6.45, 7) is 2.39. The summed E-state index contributed by atoms with van der Waals surface area (Å²) in [7, 11) is 0. The Kier molecular flexibility index (Phi) is 5.47. The summed E-state index contributed by atoms with van der Waals surface area (Å²) in [4.78, 5) is 24.1. The number of hydrogen-bond donors (Lipinski definition) is 2. The van der Waals surface area contributed by atoms with Crippen molar-refractivity contribution in [2.45, 2.75) is 25.2 Å². The van der Waals surface area contributed by atoms with E-state index in [9.17, 15) is 9.59 Å². The normalized spacial score (nSPS) is 14.4. The maximum atomic E-state index is 12.7. The van der Waals surface area contributed by atoms with E-state index in [0.29, 0.717) is 23.0 Å². The average Bonchev–Trinajstić information content (AvgIpc) is 3.43. The zero-order valence-electron chi connectivity index (χ0n) is 14.5. The Labute approximate surface area is 157 Å². The second-order valence-electron chi connectivity index (χ2n) is 6.31. The fourth-order valence-electron chi connectivity index (χ4n) is 2.84. The molecule has 0 spiro atoms. The first-order valence-corrected chi connectivity index (χ1v) is 8.98. The van der Waals surface area contributed by atoms with Crippen LogP contribution in [0.5, 0.6) is 5.75 Å². The van der Waals surface area contributed by atoms with Gasteiger partial charge in [0.1, 0.15) is 5.75 Å². The molecule has 1 aliphatic carbocycles. The van der Waals surface area contributed by atoms with Crippen LogP contribution in [0.4, 0.5) is 5.69 Å². The minimum absolute atomic E-state index is 0.0303. The van der Waals surface area contributed by atoms with E-state index >= 15 is 0 Å². The summed E-state index contributed by atoms with van der Waals surface area (Å²) < 4.78 is 5.40. The second kappa shape index (κ2) is 7.79. The standard InChI is InChI=1S/C20H21ClN2O3/c1-2-22-18(24)13-26-17-8-6-16(7-9-17)23-19(25)20(10-11-20)14-4-3-5-15(21)12-14/h3-9,12H,2,10-11,13H2,1H3,(H,22,24)(H,23,25). The van der Waals surface area contributed by atoms with Gasteiger partial charge in [0, 0.05) is 17.3 Å². The quantitative estimate of drug-likeness (QED) is 0.781. The van der Waals surface area contributed by atoms with Crippen LogP contribution in [0.3, 0.4) is 0 Å². The number of anilines is 1. The van der Waals surface area contributed by atoms with Crippen LogP contribution < -0.4 is 15.4 Å². The highest BCUT2D eigenvalue weighted by molar-refractivity contribution is 6.30. The maximum absolute atomic E-state index is 12.7. The van der Waals surface area contributed by atoms with Crippen LogP contribution in [0.2, 0.25) is 5.02 Å². The van der Waals surface area contributed by atoms with Crippen molar-refractivity contribution in [3.05, 3.63) is 59.1 Å². The zero-order valence-corrected chi connectivity index (χ0v) is 15.3. The third-order valence-electron chi connectivity index (χ3n) is 4.42. The summed E-state index contributed by atoms with van der Waals surface area (Å²) >= 11 is 6.06. The Hall–Kier alpha value is -2.53. The number of likely N-dealkylation sites (N-methyl/N-ethyl adjacent to an activating group) is 1. The van der Waals surface area contributed by atoms with E-state index in [-0.39, 0.29) is 18.4 Å². The van der Waals surface area contributed by atoms with E-state index in [0.717, 1.165) is 18.4 Å². The van der Waals surface area contributed by atoms with E-state index < -0.39 is 5.41 Å². The molecular formula is C20H21ClN2O3. The fraction of sp³-hybridized carbons (Fsp3) is 0.300. The molecule has 26 heavy (non-hydrogen) atoms. The summed E-state index contributed by atoms with van der Waals surface area (Å²) in [5, 5.41) is 6.26. The third kappa shape index (κ3) is 4.17. The van der Waals surface area contributed by atoms with Crippen molar-refractivity contribution < 1.29 is 14.3 Å². The lowest BCUT2D eigenvalue weighted by molar-refractivity contribution is -0.123. The van der Waals surface area contributed by atoms with Gasteiger partial charge >= 0.3 is 0 Å². The third-order valence-corrected chi connectivity index (χ3v) is 4.65. The highest BCUT2D eigenvalue weighted by Crippen LogP contribution is 2.49. The second-order valence-corrected chi connectivity index (χ2v) is 6.75. The number of nitrogens with one attached hydrogen (secondary N) is 2. The van der Waals surface area contributed by atoms with Gasteiger partial charge < -0.3 is 15.4 Å². The molecule has 0 bridgehead atoms. The first-order valence-electron chi connectivity index (χ1n) is 8.60. The average molecular weight is 373 g/mol. The van der Waals surface area contributed by atoms with E-state index in [1.165, 1.54) is 0 Å². The van der Waals surface area contributed by atoms with E-state index in [4.69, 9.17) is 16.3 Å². The molecule has 0 aliphatic heterocycles. The van der Waals surface area contributed by atoms with Crippen molar-refractivity contribution in [2.24, 2.45) is 0 Å². The van der Waals surface area contributed by atoms with Crippen molar-refractivity contribution in [1.82, 2.24) is 5.32 Å². The van der Waals surface area contributed by atoms with Gasteiger partial charge in [0.25, 0.3) is 5.91 Å². The van der Waals surface area contributed by atoms with Crippen LogP contribution in [-0.2, 0) is 15.0 Å². The zero-order chi connectivity index (χ0) is 18.6. The summed E-state index contributed by atoms with van der Waals surface area (Å²) in [6.07, 6.45) is 1.62. The molecule has 1 saturated carbocycles. The number of halogens is 1. The van der Waals surface area contributed by atoms with Gasteiger partial charge in [-0.2, -0.15) is 0 Å². The van der Waals surface area contributed by atoms with Crippen molar-refractivity contribution in [3.63, 3.8) is 0 Å². The SMILES string of the molecule is CCNC(=O)COc1ccc(NC(=O)C2(c3cccc(Cl)c3)CC2)cc1. The molecule has 2 N–H and O–H groups in total. The molecule has 0 radical (unpaired) electrons. The topological polar surface area (TPSA) is 67.4 Å². The number of ether oxygens (including phenoxy) is 1. The van der Waals surface area contributed by atoms with E-state index in [2.05, 4.69) is 10.6 Å². The molecule has 0 heterocycles. The van der Waals surface area contributed by atoms with Crippen molar-refractivity contribution in [1.29, 1.82) is 0 Å². The lowest BCUT2D eigenvalue weighted by Gasteiger charge is -2.16. The Morgan fingerprint density at radius 2 is 1.88 bits per heavy atom. The molecule has 0 atom stereocenters. The van der Waals surface area contributed by atoms with E-state index in [1.807, 2.05) is 25.1 Å². The van der Waals surface area contributed by atoms with E-state index in [1.54, 1.807) is 30.3 Å². The van der Waals surface area contributed by atoms with Crippen LogP contribution in [0.1, 0.15) is 25.3 Å². The molecule has 2 amide bonds. The first-order chi connectivity index (χ1) is 12.5. The maximum Gasteiger partial charge on any atom is 0.257 e. The monoisotopic (exact) mass is 372 g/mol. The van der Waals surface area contributed by atoms with Crippen LogP contribution in [0.15, 0.2) is 48.5 Å². The lowest BCUT2D eigenvalue weighted by Crippen LogP contribution is -2.28. The molecule has 1 aliphatic rings. The minimum Gasteiger partial charge on any atom is -0.484 e. The molecule has 5 nitrogen and oxygen atoms in total. The molecule has 136 valence electrons. The molecule has 0 saturated heterocycles. The fourth-order valence-corrected chi connectivity index (χ4v) is 3.03. The molecule has 6 heteroatoms. The van der Waals surface area contributed by atoms with Gasteiger partial charge in [0.15, 0.2) is 6.61 Å². The number of amides is 2. The Bertz CT molecular complexity index is 801. The Morgan fingerprint density at radius 1 is 1.15 bits per heavy atom. The Balaban J connectivity index is 1.60. The molecular weight excluding hydrogens is 352 g/mol. The number of carbonyl (C=O) groups is 2. The lowest BCUT2D eigenvalue weighted by atomic mass is 9.95. The smallest absolute Gasteiger partial charge is 0.257 e. The van der Waals surface area contributed by atoms with Crippen LogP contribution in [-0.4, -0.2) is 25.0 Å². The predicted octanol–water partition coefficient (Wildman–Crippen LogP) is 3.53. The molecule has 0 aromatic heterocycles. The minimum atomic E-state index is -0.488. The first kappa shape index (κ1) is 18.3. The highest BCUT2D eigenvalue weighted by Gasteiger charge is 2.51. The highest BCUT2D eigenvalue weighted by atomic mass is 35.5. The summed E-state index contributed by atoms with van der Waals surface area (Å²) in [6, 6.07) is 14.5. The van der Waals surface area contributed by atoms with Gasteiger partial charge in [-0.1, -0.05) is 23.7 Å². The molecule has 2 aromatic rings. The van der Waals surface area contributed by atoms with Gasteiger partial charge in [-0.05, 0) is 61.7 Å². The van der Waals surface area contributed by atoms with Gasteiger partial charge in [-0.25, -0.2) is 0 Å². The molecule has 1 fully saturated rings. The van der Waals surface area contributed by atoms with Gasteiger partial charge in [0.05, 0.1) is 5.41 Å². The van der Waals surface area contributed by atoms with Crippen molar-refractivity contribution in [2.75, 3.05) is 18.5 Å². The van der Waals surface area contributed by atoms with Crippen LogP contribution in [0, 0.1) is 0 Å². The van der Waals surface area contributed by atoms with Crippen molar-refractivity contribution in [3.8, 4) is 5.75 Å². The van der Waals surface area contributed by atoms with Crippen LogP contribution in [0.25, 0.3) is 0 Å². The van der Waals surface area contributed by atoms with Crippen molar-refractivity contribution >= 4 is 29.1 Å². The number of carbonyl (C=O) groups excluding carboxylic acids is 2. The number of rotatable bonds is 7. The molecule has 3 rings (SSSR count). The number of hydrogen-bond acceptors (Lipinski definition) is 3. The molecule has 2 aromatic carbocycles. The van der Waals surface area contributed by atoms with Gasteiger partial charge in [-0.3, -0.25) is 9.59 Å². The predicted molar refractivity (Wildman–Crippen MR) is 102 cm³/mol. The molecule has 0 unspecified atom stereocenters. The number of benzene rings is 2. The Morgan fingerprint density at radius 3 is 2.50 bits per heavy atom. The largest absolute Gasteiger partial charge is 0.484 e. The van der Waals surface area contributed by atoms with Crippen LogP contribution >= 0.6 is 11.6 Å².